The maximum Gasteiger partial charge on any atom is 0.121 e. The Bertz CT molecular complexity index is 413. The molecule has 1 atom stereocenters. The van der Waals surface area contributed by atoms with Crippen LogP contribution in [0.4, 0.5) is 0 Å². The summed E-state index contributed by atoms with van der Waals surface area (Å²) < 4.78 is 5.15. The molecule has 1 aromatic rings. The molecule has 2 rings (SSSR count). The van der Waals surface area contributed by atoms with Gasteiger partial charge in [0.15, 0.2) is 0 Å². The van der Waals surface area contributed by atoms with Crippen molar-refractivity contribution in [3.05, 3.63) is 29.8 Å². The molecule has 1 saturated carbocycles. The molecular formula is C16H22N2O. The SMILES string of the molecule is COc1ccc(C(C#N)NC2CCCCCC2)cc1. The summed E-state index contributed by atoms with van der Waals surface area (Å²) in [5, 5.41) is 12.9. The lowest BCUT2D eigenvalue weighted by Gasteiger charge is -2.20. The van der Waals surface area contributed by atoms with Crippen LogP contribution >= 0.6 is 0 Å². The summed E-state index contributed by atoms with van der Waals surface area (Å²) in [7, 11) is 1.65. The number of rotatable bonds is 4. The third-order valence-corrected chi connectivity index (χ3v) is 3.84. The second kappa shape index (κ2) is 7.16. The Hall–Kier alpha value is -1.53. The predicted octanol–water partition coefficient (Wildman–Crippen LogP) is 3.57. The number of hydrogen-bond donors (Lipinski definition) is 1. The molecule has 102 valence electrons. The first-order valence-corrected chi connectivity index (χ1v) is 7.13. The van der Waals surface area contributed by atoms with Crippen LogP contribution in [-0.4, -0.2) is 13.2 Å². The monoisotopic (exact) mass is 258 g/mol. The van der Waals surface area contributed by atoms with Gasteiger partial charge in [0.2, 0.25) is 0 Å². The van der Waals surface area contributed by atoms with Crippen molar-refractivity contribution in [2.75, 3.05) is 7.11 Å². The first kappa shape index (κ1) is 13.9. The number of nitrogens with zero attached hydrogens (tertiary/aromatic N) is 1. The maximum absolute atomic E-state index is 9.36. The number of nitriles is 1. The Morgan fingerprint density at radius 2 is 1.79 bits per heavy atom. The van der Waals surface area contributed by atoms with Crippen molar-refractivity contribution < 1.29 is 4.74 Å². The van der Waals surface area contributed by atoms with E-state index in [1.807, 2.05) is 24.3 Å². The second-order valence-corrected chi connectivity index (χ2v) is 5.19. The van der Waals surface area contributed by atoms with E-state index in [1.54, 1.807) is 7.11 Å². The average Bonchev–Trinajstić information content (AvgIpc) is 2.73. The zero-order valence-corrected chi connectivity index (χ0v) is 11.6. The molecule has 0 radical (unpaired) electrons. The first-order valence-electron chi connectivity index (χ1n) is 7.13. The van der Waals surface area contributed by atoms with Gasteiger partial charge < -0.3 is 4.74 Å². The summed E-state index contributed by atoms with van der Waals surface area (Å²) in [6, 6.07) is 10.4. The molecule has 3 heteroatoms. The highest BCUT2D eigenvalue weighted by Gasteiger charge is 2.18. The Kier molecular flexibility index (Phi) is 5.23. The number of ether oxygens (including phenoxy) is 1. The fourth-order valence-corrected chi connectivity index (χ4v) is 2.69. The van der Waals surface area contributed by atoms with Crippen molar-refractivity contribution >= 4 is 0 Å². The zero-order chi connectivity index (χ0) is 13.5. The lowest BCUT2D eigenvalue weighted by molar-refractivity contribution is 0.413. The molecule has 0 spiro atoms. The van der Waals surface area contributed by atoms with Gasteiger partial charge in [0.05, 0.1) is 13.2 Å². The third-order valence-electron chi connectivity index (χ3n) is 3.84. The Labute approximate surface area is 115 Å². The van der Waals surface area contributed by atoms with Crippen molar-refractivity contribution in [3.8, 4) is 11.8 Å². The van der Waals surface area contributed by atoms with Crippen molar-refractivity contribution in [1.29, 1.82) is 5.26 Å². The fraction of sp³-hybridized carbons (Fsp3) is 0.562. The average molecular weight is 258 g/mol. The zero-order valence-electron chi connectivity index (χ0n) is 11.6. The van der Waals surface area contributed by atoms with Crippen LogP contribution in [0.5, 0.6) is 5.75 Å². The van der Waals surface area contributed by atoms with E-state index in [0.717, 1.165) is 11.3 Å². The highest BCUT2D eigenvalue weighted by molar-refractivity contribution is 5.31. The normalized spacial score (nSPS) is 18.3. The molecule has 19 heavy (non-hydrogen) atoms. The molecule has 0 saturated heterocycles. The van der Waals surface area contributed by atoms with Gasteiger partial charge in [0.25, 0.3) is 0 Å². The van der Waals surface area contributed by atoms with Crippen LogP contribution in [0.3, 0.4) is 0 Å². The van der Waals surface area contributed by atoms with Crippen LogP contribution in [0.15, 0.2) is 24.3 Å². The Balaban J connectivity index is 2.00. The van der Waals surface area contributed by atoms with E-state index in [-0.39, 0.29) is 6.04 Å². The molecular weight excluding hydrogens is 236 g/mol. The Morgan fingerprint density at radius 1 is 1.16 bits per heavy atom. The van der Waals surface area contributed by atoms with E-state index in [9.17, 15) is 5.26 Å². The minimum absolute atomic E-state index is 0.214. The van der Waals surface area contributed by atoms with Gasteiger partial charge in [-0.1, -0.05) is 37.8 Å². The van der Waals surface area contributed by atoms with E-state index in [2.05, 4.69) is 11.4 Å². The van der Waals surface area contributed by atoms with Gasteiger partial charge in [-0.25, -0.2) is 0 Å². The second-order valence-electron chi connectivity index (χ2n) is 5.19. The van der Waals surface area contributed by atoms with Gasteiger partial charge in [0, 0.05) is 6.04 Å². The molecule has 1 aliphatic rings. The molecule has 3 nitrogen and oxygen atoms in total. The van der Waals surface area contributed by atoms with Crippen molar-refractivity contribution in [2.24, 2.45) is 0 Å². The fourth-order valence-electron chi connectivity index (χ4n) is 2.69. The van der Waals surface area contributed by atoms with E-state index in [0.29, 0.717) is 6.04 Å². The highest BCUT2D eigenvalue weighted by Crippen LogP contribution is 2.22. The molecule has 1 aromatic carbocycles. The number of nitrogens with one attached hydrogen (secondary N) is 1. The largest absolute Gasteiger partial charge is 0.497 e. The summed E-state index contributed by atoms with van der Waals surface area (Å²) in [5.74, 6) is 0.829. The molecule has 1 fully saturated rings. The summed E-state index contributed by atoms with van der Waals surface area (Å²) in [5.41, 5.74) is 1.02. The summed E-state index contributed by atoms with van der Waals surface area (Å²) >= 11 is 0. The lowest BCUT2D eigenvalue weighted by atomic mass is 10.0. The van der Waals surface area contributed by atoms with E-state index >= 15 is 0 Å². The molecule has 0 aromatic heterocycles. The number of methoxy groups -OCH3 is 1. The maximum atomic E-state index is 9.36. The van der Waals surface area contributed by atoms with Crippen LogP contribution < -0.4 is 10.1 Å². The smallest absolute Gasteiger partial charge is 0.121 e. The van der Waals surface area contributed by atoms with Gasteiger partial charge in [-0.15, -0.1) is 0 Å². The molecule has 0 heterocycles. The van der Waals surface area contributed by atoms with E-state index in [1.165, 1.54) is 38.5 Å². The van der Waals surface area contributed by atoms with Gasteiger partial charge in [0.1, 0.15) is 11.8 Å². The first-order chi connectivity index (χ1) is 9.33. The predicted molar refractivity (Wildman–Crippen MR) is 76.0 cm³/mol. The van der Waals surface area contributed by atoms with Crippen LogP contribution in [-0.2, 0) is 0 Å². The van der Waals surface area contributed by atoms with Gasteiger partial charge in [-0.3, -0.25) is 5.32 Å². The van der Waals surface area contributed by atoms with Crippen LogP contribution in [0.25, 0.3) is 0 Å². The molecule has 0 bridgehead atoms. The molecule has 1 aliphatic carbocycles. The Morgan fingerprint density at radius 3 is 2.32 bits per heavy atom. The molecule has 1 N–H and O–H groups in total. The van der Waals surface area contributed by atoms with E-state index < -0.39 is 0 Å². The molecule has 1 unspecified atom stereocenters. The van der Waals surface area contributed by atoms with Gasteiger partial charge in [-0.05, 0) is 30.5 Å². The minimum atomic E-state index is -0.214. The quantitative estimate of drug-likeness (QED) is 0.840. The van der Waals surface area contributed by atoms with E-state index in [4.69, 9.17) is 4.74 Å². The highest BCUT2D eigenvalue weighted by atomic mass is 16.5. The molecule has 0 aliphatic heterocycles. The summed E-state index contributed by atoms with van der Waals surface area (Å²) in [4.78, 5) is 0. The lowest BCUT2D eigenvalue weighted by Crippen LogP contribution is -2.31. The third kappa shape index (κ3) is 3.97. The molecule has 0 amide bonds. The summed E-state index contributed by atoms with van der Waals surface area (Å²) in [6.45, 7) is 0. The standard InChI is InChI=1S/C16H22N2O/c1-19-15-10-8-13(9-11-15)16(12-17)18-14-6-4-2-3-5-7-14/h8-11,14,16,18H,2-7H2,1H3. The van der Waals surface area contributed by atoms with Crippen LogP contribution in [0.1, 0.15) is 50.1 Å². The number of hydrogen-bond acceptors (Lipinski definition) is 3. The van der Waals surface area contributed by atoms with Crippen molar-refractivity contribution in [3.63, 3.8) is 0 Å². The van der Waals surface area contributed by atoms with Gasteiger partial charge >= 0.3 is 0 Å². The minimum Gasteiger partial charge on any atom is -0.497 e. The van der Waals surface area contributed by atoms with Crippen LogP contribution in [0, 0.1) is 11.3 Å². The summed E-state index contributed by atoms with van der Waals surface area (Å²) in [6.07, 6.45) is 7.59. The van der Waals surface area contributed by atoms with Gasteiger partial charge in [-0.2, -0.15) is 5.26 Å². The number of benzene rings is 1. The van der Waals surface area contributed by atoms with Crippen molar-refractivity contribution in [2.45, 2.75) is 50.6 Å². The van der Waals surface area contributed by atoms with Crippen molar-refractivity contribution in [1.82, 2.24) is 5.32 Å². The van der Waals surface area contributed by atoms with Crippen LogP contribution in [0.2, 0.25) is 0 Å². The topological polar surface area (TPSA) is 45.0 Å².